The van der Waals surface area contributed by atoms with E-state index >= 15 is 0 Å². The minimum atomic E-state index is 0.979. The number of rotatable bonds is 2. The van der Waals surface area contributed by atoms with Crippen molar-refractivity contribution in [2.75, 3.05) is 13.1 Å². The zero-order valence-corrected chi connectivity index (χ0v) is 8.18. The fraction of sp³-hybridized carbons (Fsp3) is 1.00. The molecule has 1 N–H and O–H groups in total. The van der Waals surface area contributed by atoms with Crippen LogP contribution in [0.2, 0.25) is 0 Å². The van der Waals surface area contributed by atoms with Gasteiger partial charge in [-0.3, -0.25) is 0 Å². The smallest absolute Gasteiger partial charge is 0.00179 e. The quantitative estimate of drug-likeness (QED) is 0.666. The average Bonchev–Trinajstić information content (AvgIpc) is 2.00. The van der Waals surface area contributed by atoms with Crippen LogP contribution in [0.1, 0.15) is 39.0 Å². The van der Waals surface area contributed by atoms with E-state index in [4.69, 9.17) is 0 Å². The van der Waals surface area contributed by atoms with Crippen LogP contribution in [0.15, 0.2) is 0 Å². The van der Waals surface area contributed by atoms with Gasteiger partial charge in [0.05, 0.1) is 0 Å². The molecule has 0 aromatic rings. The summed E-state index contributed by atoms with van der Waals surface area (Å²) in [4.78, 5) is 0. The highest BCUT2D eigenvalue weighted by Crippen LogP contribution is 2.35. The Hall–Kier alpha value is -0.0400. The summed E-state index contributed by atoms with van der Waals surface area (Å²) in [5, 5.41) is 3.52. The molecule has 2 fully saturated rings. The molecule has 1 saturated carbocycles. The Kier molecular flexibility index (Phi) is 2.69. The van der Waals surface area contributed by atoms with Crippen LogP contribution in [-0.4, -0.2) is 13.1 Å². The van der Waals surface area contributed by atoms with Gasteiger partial charge in [-0.15, -0.1) is 0 Å². The lowest BCUT2D eigenvalue weighted by Gasteiger charge is -2.35. The molecule has 0 aromatic carbocycles. The Labute approximate surface area is 75.9 Å². The van der Waals surface area contributed by atoms with Gasteiger partial charge in [0.1, 0.15) is 0 Å². The van der Waals surface area contributed by atoms with Gasteiger partial charge in [0, 0.05) is 0 Å². The molecule has 12 heavy (non-hydrogen) atoms. The average molecular weight is 167 g/mol. The summed E-state index contributed by atoms with van der Waals surface area (Å²) in [6.45, 7) is 4.98. The van der Waals surface area contributed by atoms with E-state index < -0.39 is 0 Å². The van der Waals surface area contributed by atoms with Crippen LogP contribution in [0.5, 0.6) is 0 Å². The number of nitrogens with one attached hydrogen (secondary N) is 1. The van der Waals surface area contributed by atoms with Crippen LogP contribution in [0, 0.1) is 17.8 Å². The van der Waals surface area contributed by atoms with E-state index in [-0.39, 0.29) is 0 Å². The van der Waals surface area contributed by atoms with Crippen LogP contribution in [-0.2, 0) is 0 Å². The first-order chi connectivity index (χ1) is 5.86. The van der Waals surface area contributed by atoms with E-state index in [1.165, 1.54) is 45.2 Å². The number of piperidine rings is 1. The van der Waals surface area contributed by atoms with Crippen LogP contribution >= 0.6 is 0 Å². The van der Waals surface area contributed by atoms with Crippen molar-refractivity contribution in [2.45, 2.75) is 39.0 Å². The monoisotopic (exact) mass is 167 g/mol. The summed E-state index contributed by atoms with van der Waals surface area (Å²) < 4.78 is 0. The molecule has 70 valence electrons. The lowest BCUT2D eigenvalue weighted by atomic mass is 9.74. The van der Waals surface area contributed by atoms with Gasteiger partial charge in [-0.1, -0.05) is 26.2 Å². The van der Waals surface area contributed by atoms with Gasteiger partial charge in [-0.25, -0.2) is 0 Å². The van der Waals surface area contributed by atoms with Crippen molar-refractivity contribution >= 4 is 0 Å². The normalized spacial score (nSPS) is 37.8. The van der Waals surface area contributed by atoms with Gasteiger partial charge < -0.3 is 5.32 Å². The second-order valence-corrected chi connectivity index (χ2v) is 4.76. The minimum Gasteiger partial charge on any atom is -0.316 e. The molecule has 0 bridgehead atoms. The molecule has 1 saturated heterocycles. The summed E-state index contributed by atoms with van der Waals surface area (Å²) in [6.07, 6.45) is 7.44. The fourth-order valence-electron chi connectivity index (χ4n) is 2.53. The molecule has 0 spiro atoms. The Morgan fingerprint density at radius 2 is 2.08 bits per heavy atom. The van der Waals surface area contributed by atoms with Gasteiger partial charge in [-0.05, 0) is 43.7 Å². The molecule has 1 heterocycles. The molecule has 0 radical (unpaired) electrons. The third kappa shape index (κ3) is 1.82. The largest absolute Gasteiger partial charge is 0.316 e. The molecule has 0 amide bonds. The molecule has 1 aliphatic carbocycles. The van der Waals surface area contributed by atoms with Crippen molar-refractivity contribution in [1.82, 2.24) is 5.32 Å². The van der Waals surface area contributed by atoms with Crippen molar-refractivity contribution in [3.05, 3.63) is 0 Å². The minimum absolute atomic E-state index is 0.979. The molecule has 0 aromatic heterocycles. The molecule has 2 rings (SSSR count). The summed E-state index contributed by atoms with van der Waals surface area (Å²) >= 11 is 0. The maximum Gasteiger partial charge on any atom is -0.00179 e. The highest BCUT2D eigenvalue weighted by molar-refractivity contribution is 4.80. The second-order valence-electron chi connectivity index (χ2n) is 4.76. The van der Waals surface area contributed by atoms with Crippen molar-refractivity contribution in [3.8, 4) is 0 Å². The van der Waals surface area contributed by atoms with E-state index in [1.54, 1.807) is 0 Å². The Bertz CT molecular complexity index is 140. The van der Waals surface area contributed by atoms with Crippen molar-refractivity contribution < 1.29 is 0 Å². The van der Waals surface area contributed by atoms with E-state index in [0.717, 1.165) is 17.8 Å². The molecule has 2 unspecified atom stereocenters. The Balaban J connectivity index is 1.76. The first kappa shape index (κ1) is 8.55. The van der Waals surface area contributed by atoms with E-state index in [9.17, 15) is 0 Å². The second kappa shape index (κ2) is 3.78. The molecular formula is C11H21N. The molecule has 1 heteroatoms. The predicted octanol–water partition coefficient (Wildman–Crippen LogP) is 2.42. The summed E-state index contributed by atoms with van der Waals surface area (Å²) in [5.41, 5.74) is 0. The number of hydrogen-bond donors (Lipinski definition) is 1. The molecule has 2 atom stereocenters. The SMILES string of the molecule is CC1CCNCC1CC1CCC1. The van der Waals surface area contributed by atoms with Crippen LogP contribution in [0.4, 0.5) is 0 Å². The highest BCUT2D eigenvalue weighted by Gasteiger charge is 2.26. The van der Waals surface area contributed by atoms with Gasteiger partial charge >= 0.3 is 0 Å². The Morgan fingerprint density at radius 1 is 1.25 bits per heavy atom. The van der Waals surface area contributed by atoms with Crippen molar-refractivity contribution in [1.29, 1.82) is 0 Å². The van der Waals surface area contributed by atoms with Gasteiger partial charge in [-0.2, -0.15) is 0 Å². The first-order valence-electron chi connectivity index (χ1n) is 5.57. The van der Waals surface area contributed by atoms with E-state index in [2.05, 4.69) is 12.2 Å². The van der Waals surface area contributed by atoms with E-state index in [0.29, 0.717) is 0 Å². The standard InChI is InChI=1S/C11H21N/c1-9-5-6-12-8-11(9)7-10-3-2-4-10/h9-12H,2-8H2,1H3. The zero-order valence-electron chi connectivity index (χ0n) is 8.18. The molecule has 1 nitrogen and oxygen atoms in total. The van der Waals surface area contributed by atoms with Crippen molar-refractivity contribution in [2.24, 2.45) is 17.8 Å². The lowest BCUT2D eigenvalue weighted by molar-refractivity contribution is 0.180. The van der Waals surface area contributed by atoms with Crippen LogP contribution < -0.4 is 5.32 Å². The lowest BCUT2D eigenvalue weighted by Crippen LogP contribution is -2.37. The summed E-state index contributed by atoms with van der Waals surface area (Å²) in [7, 11) is 0. The maximum atomic E-state index is 3.52. The third-order valence-corrected chi connectivity index (χ3v) is 3.85. The third-order valence-electron chi connectivity index (χ3n) is 3.85. The van der Waals surface area contributed by atoms with Crippen LogP contribution in [0.3, 0.4) is 0 Å². The number of hydrogen-bond acceptors (Lipinski definition) is 1. The van der Waals surface area contributed by atoms with Gasteiger partial charge in [0.25, 0.3) is 0 Å². The molecule has 2 aliphatic rings. The van der Waals surface area contributed by atoms with Crippen LogP contribution in [0.25, 0.3) is 0 Å². The fourth-order valence-corrected chi connectivity index (χ4v) is 2.53. The van der Waals surface area contributed by atoms with Crippen molar-refractivity contribution in [3.63, 3.8) is 0 Å². The first-order valence-corrected chi connectivity index (χ1v) is 5.57. The predicted molar refractivity (Wildman–Crippen MR) is 52.1 cm³/mol. The highest BCUT2D eigenvalue weighted by atomic mass is 14.9. The molecular weight excluding hydrogens is 146 g/mol. The summed E-state index contributed by atoms with van der Waals surface area (Å²) in [5.74, 6) is 3.06. The topological polar surface area (TPSA) is 12.0 Å². The Morgan fingerprint density at radius 3 is 2.67 bits per heavy atom. The maximum absolute atomic E-state index is 3.52. The molecule has 1 aliphatic heterocycles. The van der Waals surface area contributed by atoms with Gasteiger partial charge in [0.2, 0.25) is 0 Å². The van der Waals surface area contributed by atoms with E-state index in [1.807, 2.05) is 0 Å². The van der Waals surface area contributed by atoms with Gasteiger partial charge in [0.15, 0.2) is 0 Å². The zero-order chi connectivity index (χ0) is 8.39. The summed E-state index contributed by atoms with van der Waals surface area (Å²) in [6, 6.07) is 0.